The number of rotatable bonds is 3. The summed E-state index contributed by atoms with van der Waals surface area (Å²) in [6, 6.07) is 0. The predicted octanol–water partition coefficient (Wildman–Crippen LogP) is 1.19. The van der Waals surface area contributed by atoms with Gasteiger partial charge in [-0.1, -0.05) is 0 Å². The topological polar surface area (TPSA) is 52.1 Å². The summed E-state index contributed by atoms with van der Waals surface area (Å²) in [5.41, 5.74) is 0.541. The van der Waals surface area contributed by atoms with E-state index in [1.165, 1.54) is 24.5 Å². The highest BCUT2D eigenvalue weighted by atomic mass is 19.1. The van der Waals surface area contributed by atoms with Crippen molar-refractivity contribution in [2.45, 2.75) is 6.92 Å². The van der Waals surface area contributed by atoms with Crippen LogP contribution in [0.2, 0.25) is 0 Å². The van der Waals surface area contributed by atoms with Gasteiger partial charge in [-0.05, 0) is 13.0 Å². The van der Waals surface area contributed by atoms with Crippen molar-refractivity contribution < 1.29 is 13.9 Å². The van der Waals surface area contributed by atoms with Crippen LogP contribution < -0.4 is 0 Å². The second-order valence-corrected chi connectivity index (χ2v) is 2.37. The maximum atomic E-state index is 12.3. The van der Waals surface area contributed by atoms with E-state index in [1.807, 2.05) is 0 Å². The van der Waals surface area contributed by atoms with Crippen molar-refractivity contribution in [2.75, 3.05) is 6.61 Å². The molecule has 0 aromatic carbocycles. The lowest BCUT2D eigenvalue weighted by atomic mass is 10.3. The molecule has 0 aliphatic carbocycles. The number of hydrogen-bond acceptors (Lipinski definition) is 4. The van der Waals surface area contributed by atoms with E-state index in [4.69, 9.17) is 0 Å². The molecule has 4 nitrogen and oxygen atoms in total. The highest BCUT2D eigenvalue weighted by Gasteiger charge is 1.95. The lowest BCUT2D eigenvalue weighted by molar-refractivity contribution is -0.137. The molecule has 74 valence electrons. The zero-order valence-electron chi connectivity index (χ0n) is 7.61. The molecule has 5 heteroatoms. The molecule has 0 amide bonds. The van der Waals surface area contributed by atoms with E-state index in [1.54, 1.807) is 6.92 Å². The van der Waals surface area contributed by atoms with Gasteiger partial charge < -0.3 is 4.74 Å². The summed E-state index contributed by atoms with van der Waals surface area (Å²) in [6.07, 6.45) is 4.45. The van der Waals surface area contributed by atoms with Crippen molar-refractivity contribution in [1.29, 1.82) is 0 Å². The van der Waals surface area contributed by atoms with Gasteiger partial charge in [0.2, 0.25) is 0 Å². The van der Waals surface area contributed by atoms with Gasteiger partial charge in [-0.15, -0.1) is 0 Å². The summed E-state index contributed by atoms with van der Waals surface area (Å²) >= 11 is 0. The Bertz CT molecular complexity index is 335. The van der Waals surface area contributed by atoms with Crippen molar-refractivity contribution in [3.8, 4) is 0 Å². The first-order valence-corrected chi connectivity index (χ1v) is 4.04. The maximum Gasteiger partial charge on any atom is 0.330 e. The summed E-state index contributed by atoms with van der Waals surface area (Å²) in [6.45, 7) is 2.04. The molecular weight excluding hydrogens is 187 g/mol. The standard InChI is InChI=1S/C9H9FN2O2/c1-2-14-8(13)4-3-7-5-11-9(10)12-6-7/h3-6H,2H2,1H3/b4-3+. The molecule has 14 heavy (non-hydrogen) atoms. The molecule has 0 fully saturated rings. The number of nitrogens with zero attached hydrogens (tertiary/aromatic N) is 2. The molecular formula is C9H9FN2O2. The zero-order chi connectivity index (χ0) is 10.4. The lowest BCUT2D eigenvalue weighted by Gasteiger charge is -1.94. The third-order valence-corrected chi connectivity index (χ3v) is 1.34. The van der Waals surface area contributed by atoms with Gasteiger partial charge in [0.05, 0.1) is 6.61 Å². The second-order valence-electron chi connectivity index (χ2n) is 2.37. The predicted molar refractivity (Wildman–Crippen MR) is 47.7 cm³/mol. The molecule has 1 aromatic heterocycles. The van der Waals surface area contributed by atoms with E-state index in [0.29, 0.717) is 12.2 Å². The Morgan fingerprint density at radius 3 is 2.79 bits per heavy atom. The molecule has 1 aromatic rings. The van der Waals surface area contributed by atoms with Gasteiger partial charge in [0.1, 0.15) is 0 Å². The van der Waals surface area contributed by atoms with Crippen molar-refractivity contribution in [2.24, 2.45) is 0 Å². The van der Waals surface area contributed by atoms with E-state index in [-0.39, 0.29) is 0 Å². The van der Waals surface area contributed by atoms with Gasteiger partial charge in [0, 0.05) is 24.0 Å². The van der Waals surface area contributed by atoms with Gasteiger partial charge in [0.15, 0.2) is 0 Å². The first-order chi connectivity index (χ1) is 6.72. The second kappa shape index (κ2) is 5.06. The summed E-state index contributed by atoms with van der Waals surface area (Å²) in [5.74, 6) is -0.447. The van der Waals surface area contributed by atoms with Gasteiger partial charge in [-0.25, -0.2) is 14.8 Å². The van der Waals surface area contributed by atoms with E-state index in [9.17, 15) is 9.18 Å². The largest absolute Gasteiger partial charge is 0.463 e. The molecule has 0 atom stereocenters. The molecule has 1 heterocycles. The molecule has 0 unspecified atom stereocenters. The number of halogens is 1. The first-order valence-electron chi connectivity index (χ1n) is 4.04. The van der Waals surface area contributed by atoms with Crippen LogP contribution >= 0.6 is 0 Å². The maximum absolute atomic E-state index is 12.3. The Morgan fingerprint density at radius 2 is 2.21 bits per heavy atom. The number of carbonyl (C=O) groups excluding carboxylic acids is 1. The monoisotopic (exact) mass is 196 g/mol. The van der Waals surface area contributed by atoms with Crippen LogP contribution in [0.3, 0.4) is 0 Å². The van der Waals surface area contributed by atoms with Gasteiger partial charge in [-0.2, -0.15) is 4.39 Å². The normalized spacial score (nSPS) is 10.4. The average molecular weight is 196 g/mol. The van der Waals surface area contributed by atoms with E-state index in [0.717, 1.165) is 0 Å². The fraction of sp³-hybridized carbons (Fsp3) is 0.222. The minimum Gasteiger partial charge on any atom is -0.463 e. The molecule has 0 spiro atoms. The van der Waals surface area contributed by atoms with Crippen LogP contribution in [0.5, 0.6) is 0 Å². The minimum atomic E-state index is -0.793. The summed E-state index contributed by atoms with van der Waals surface area (Å²) in [4.78, 5) is 17.5. The van der Waals surface area contributed by atoms with E-state index >= 15 is 0 Å². The van der Waals surface area contributed by atoms with Crippen LogP contribution in [0.25, 0.3) is 6.08 Å². The van der Waals surface area contributed by atoms with Crippen molar-refractivity contribution in [1.82, 2.24) is 9.97 Å². The Hall–Kier alpha value is -1.78. The van der Waals surface area contributed by atoms with Crippen molar-refractivity contribution >= 4 is 12.0 Å². The summed E-state index contributed by atoms with van der Waals surface area (Å²) in [5, 5.41) is 0. The molecule has 0 bridgehead atoms. The molecule has 0 saturated carbocycles. The van der Waals surface area contributed by atoms with Crippen molar-refractivity contribution in [3.05, 3.63) is 30.1 Å². The quantitative estimate of drug-likeness (QED) is 0.414. The van der Waals surface area contributed by atoms with Crippen LogP contribution in [-0.4, -0.2) is 22.5 Å². The average Bonchev–Trinajstić information content (AvgIpc) is 2.17. The highest BCUT2D eigenvalue weighted by Crippen LogP contribution is 1.98. The Kier molecular flexibility index (Phi) is 3.72. The smallest absolute Gasteiger partial charge is 0.330 e. The van der Waals surface area contributed by atoms with E-state index in [2.05, 4.69) is 14.7 Å². The van der Waals surface area contributed by atoms with Crippen LogP contribution in [-0.2, 0) is 9.53 Å². The number of aromatic nitrogens is 2. The third kappa shape index (κ3) is 3.30. The molecule has 0 N–H and O–H groups in total. The van der Waals surface area contributed by atoms with Gasteiger partial charge >= 0.3 is 12.0 Å². The molecule has 0 saturated heterocycles. The van der Waals surface area contributed by atoms with Crippen LogP contribution in [0, 0.1) is 6.08 Å². The number of esters is 1. The Morgan fingerprint density at radius 1 is 1.57 bits per heavy atom. The number of ether oxygens (including phenoxy) is 1. The number of carbonyl (C=O) groups is 1. The lowest BCUT2D eigenvalue weighted by Crippen LogP contribution is -1.98. The van der Waals surface area contributed by atoms with Gasteiger partial charge in [-0.3, -0.25) is 0 Å². The fourth-order valence-corrected chi connectivity index (χ4v) is 0.763. The molecule has 1 rings (SSSR count). The molecule has 0 radical (unpaired) electrons. The number of hydrogen-bond donors (Lipinski definition) is 0. The minimum absolute atomic E-state index is 0.323. The molecule has 0 aliphatic heterocycles. The first kappa shape index (κ1) is 10.3. The Labute approximate surface area is 80.4 Å². The zero-order valence-corrected chi connectivity index (χ0v) is 7.61. The van der Waals surface area contributed by atoms with E-state index < -0.39 is 12.0 Å². The van der Waals surface area contributed by atoms with Crippen molar-refractivity contribution in [3.63, 3.8) is 0 Å². The van der Waals surface area contributed by atoms with Crippen LogP contribution in [0.4, 0.5) is 4.39 Å². The van der Waals surface area contributed by atoms with Crippen LogP contribution in [0.15, 0.2) is 18.5 Å². The Balaban J connectivity index is 2.60. The highest BCUT2D eigenvalue weighted by molar-refractivity contribution is 5.86. The van der Waals surface area contributed by atoms with Crippen LogP contribution in [0.1, 0.15) is 12.5 Å². The summed E-state index contributed by atoms with van der Waals surface area (Å²) in [7, 11) is 0. The molecule has 0 aliphatic rings. The third-order valence-electron chi connectivity index (χ3n) is 1.34. The fourth-order valence-electron chi connectivity index (χ4n) is 0.763. The summed E-state index contributed by atoms with van der Waals surface area (Å²) < 4.78 is 16.9. The van der Waals surface area contributed by atoms with Gasteiger partial charge in [0.25, 0.3) is 0 Å². The SMILES string of the molecule is CCOC(=O)/C=C/c1cnc(F)nc1.